The van der Waals surface area contributed by atoms with E-state index >= 15 is 0 Å². The Kier molecular flexibility index (Phi) is 4.93. The van der Waals surface area contributed by atoms with Crippen LogP contribution in [-0.2, 0) is 17.9 Å². The molecular weight excluding hydrogens is 288 g/mol. The van der Waals surface area contributed by atoms with E-state index in [0.717, 1.165) is 25.4 Å². The van der Waals surface area contributed by atoms with Gasteiger partial charge in [0.1, 0.15) is 5.75 Å². The lowest BCUT2D eigenvalue weighted by atomic mass is 10.1. The van der Waals surface area contributed by atoms with Gasteiger partial charge in [-0.15, -0.1) is 0 Å². The van der Waals surface area contributed by atoms with E-state index < -0.39 is 0 Å². The Labute approximate surface area is 137 Å². The molecule has 0 aromatic heterocycles. The molecule has 3 rings (SSSR count). The van der Waals surface area contributed by atoms with E-state index in [-0.39, 0.29) is 5.91 Å². The van der Waals surface area contributed by atoms with Crippen LogP contribution < -0.4 is 4.74 Å². The van der Waals surface area contributed by atoms with Crippen LogP contribution in [-0.4, -0.2) is 42.5 Å². The summed E-state index contributed by atoms with van der Waals surface area (Å²) in [6.07, 6.45) is 0. The van der Waals surface area contributed by atoms with Gasteiger partial charge in [0.2, 0.25) is 5.91 Å². The number of carbonyl (C=O) groups excluding carboxylic acids is 1. The van der Waals surface area contributed by atoms with E-state index in [1.54, 1.807) is 7.11 Å². The van der Waals surface area contributed by atoms with Crippen molar-refractivity contribution in [2.75, 3.05) is 26.7 Å². The second-order valence-corrected chi connectivity index (χ2v) is 5.86. The van der Waals surface area contributed by atoms with Gasteiger partial charge in [-0.25, -0.2) is 0 Å². The topological polar surface area (TPSA) is 32.8 Å². The van der Waals surface area contributed by atoms with Gasteiger partial charge in [0.05, 0.1) is 13.7 Å². The average molecular weight is 310 g/mol. The second kappa shape index (κ2) is 7.29. The molecule has 0 radical (unpaired) electrons. The van der Waals surface area contributed by atoms with E-state index in [1.807, 2.05) is 41.3 Å². The van der Waals surface area contributed by atoms with E-state index in [9.17, 15) is 4.79 Å². The number of nitrogens with zero attached hydrogens (tertiary/aromatic N) is 2. The van der Waals surface area contributed by atoms with Crippen molar-refractivity contribution in [1.82, 2.24) is 9.80 Å². The van der Waals surface area contributed by atoms with Gasteiger partial charge in [-0.3, -0.25) is 9.69 Å². The highest BCUT2D eigenvalue weighted by Crippen LogP contribution is 2.16. The lowest BCUT2D eigenvalue weighted by Crippen LogP contribution is -2.49. The van der Waals surface area contributed by atoms with Gasteiger partial charge in [0, 0.05) is 26.2 Å². The maximum absolute atomic E-state index is 12.4. The Bertz CT molecular complexity index is 657. The van der Waals surface area contributed by atoms with Crippen LogP contribution in [0.4, 0.5) is 0 Å². The highest BCUT2D eigenvalue weighted by molar-refractivity contribution is 5.79. The monoisotopic (exact) mass is 310 g/mol. The quantitative estimate of drug-likeness (QED) is 0.851. The Morgan fingerprint density at radius 1 is 0.957 bits per heavy atom. The molecule has 0 bridgehead atoms. The first kappa shape index (κ1) is 15.6. The van der Waals surface area contributed by atoms with E-state index in [2.05, 4.69) is 23.1 Å². The number of hydrogen-bond acceptors (Lipinski definition) is 3. The summed E-state index contributed by atoms with van der Waals surface area (Å²) in [7, 11) is 1.67. The van der Waals surface area contributed by atoms with Crippen LogP contribution >= 0.6 is 0 Å². The number of amides is 1. The Morgan fingerprint density at radius 2 is 1.74 bits per heavy atom. The number of carbonyl (C=O) groups is 1. The molecule has 0 spiro atoms. The third-order valence-corrected chi connectivity index (χ3v) is 4.15. The molecule has 0 unspecified atom stereocenters. The summed E-state index contributed by atoms with van der Waals surface area (Å²) >= 11 is 0. The van der Waals surface area contributed by atoms with Crippen LogP contribution in [0.25, 0.3) is 0 Å². The van der Waals surface area contributed by atoms with Gasteiger partial charge >= 0.3 is 0 Å². The number of rotatable bonds is 5. The number of ether oxygens (including phenoxy) is 1. The van der Waals surface area contributed by atoms with Crippen molar-refractivity contribution < 1.29 is 9.53 Å². The third-order valence-electron chi connectivity index (χ3n) is 4.15. The molecule has 4 heteroatoms. The van der Waals surface area contributed by atoms with Gasteiger partial charge < -0.3 is 9.64 Å². The predicted molar refractivity (Wildman–Crippen MR) is 90.1 cm³/mol. The summed E-state index contributed by atoms with van der Waals surface area (Å²) in [4.78, 5) is 16.5. The Balaban J connectivity index is 1.57. The minimum atomic E-state index is 0.197. The highest BCUT2D eigenvalue weighted by Gasteiger charge is 2.23. The van der Waals surface area contributed by atoms with E-state index in [1.165, 1.54) is 11.1 Å². The molecule has 0 N–H and O–H groups in total. The van der Waals surface area contributed by atoms with Gasteiger partial charge in [-0.05, 0) is 23.3 Å². The van der Waals surface area contributed by atoms with E-state index in [0.29, 0.717) is 13.1 Å². The van der Waals surface area contributed by atoms with Crippen molar-refractivity contribution in [3.63, 3.8) is 0 Å². The highest BCUT2D eigenvalue weighted by atomic mass is 16.5. The summed E-state index contributed by atoms with van der Waals surface area (Å²) in [6.45, 7) is 3.63. The molecule has 4 nitrogen and oxygen atoms in total. The Hall–Kier alpha value is -2.33. The maximum atomic E-state index is 12.4. The summed E-state index contributed by atoms with van der Waals surface area (Å²) in [5.74, 6) is 1.06. The van der Waals surface area contributed by atoms with Crippen molar-refractivity contribution in [3.05, 3.63) is 65.7 Å². The lowest BCUT2D eigenvalue weighted by Gasteiger charge is -2.34. The Morgan fingerprint density at radius 3 is 2.48 bits per heavy atom. The molecule has 1 saturated heterocycles. The largest absolute Gasteiger partial charge is 0.497 e. The number of hydrogen-bond donors (Lipinski definition) is 0. The second-order valence-electron chi connectivity index (χ2n) is 5.86. The van der Waals surface area contributed by atoms with Crippen molar-refractivity contribution in [3.8, 4) is 5.75 Å². The van der Waals surface area contributed by atoms with Gasteiger partial charge in [0.25, 0.3) is 0 Å². The molecule has 0 atom stereocenters. The molecule has 1 heterocycles. The molecule has 120 valence electrons. The van der Waals surface area contributed by atoms with E-state index in [4.69, 9.17) is 4.74 Å². The zero-order valence-corrected chi connectivity index (χ0v) is 13.4. The van der Waals surface area contributed by atoms with Crippen LogP contribution in [0, 0.1) is 0 Å². The number of benzene rings is 2. The predicted octanol–water partition coefficient (Wildman–Crippen LogP) is 2.54. The molecule has 0 saturated carbocycles. The standard InChI is InChI=1S/C19H22N2O2/c1-23-18-9-5-8-17(12-18)13-20-10-11-21(19(22)15-20)14-16-6-3-2-4-7-16/h2-9,12H,10-11,13-15H2,1H3. The first-order valence-corrected chi connectivity index (χ1v) is 7.91. The fourth-order valence-corrected chi connectivity index (χ4v) is 2.89. The molecule has 0 aliphatic carbocycles. The smallest absolute Gasteiger partial charge is 0.237 e. The van der Waals surface area contributed by atoms with Crippen LogP contribution in [0.5, 0.6) is 5.75 Å². The molecule has 1 aliphatic rings. The summed E-state index contributed by atoms with van der Waals surface area (Å²) < 4.78 is 5.25. The summed E-state index contributed by atoms with van der Waals surface area (Å²) in [5, 5.41) is 0. The van der Waals surface area contributed by atoms with Crippen molar-refractivity contribution >= 4 is 5.91 Å². The minimum Gasteiger partial charge on any atom is -0.497 e. The lowest BCUT2D eigenvalue weighted by molar-refractivity contribution is -0.136. The van der Waals surface area contributed by atoms with Crippen LogP contribution in [0.1, 0.15) is 11.1 Å². The average Bonchev–Trinajstić information content (AvgIpc) is 2.58. The zero-order chi connectivity index (χ0) is 16.1. The maximum Gasteiger partial charge on any atom is 0.237 e. The van der Waals surface area contributed by atoms with Crippen molar-refractivity contribution in [2.45, 2.75) is 13.1 Å². The van der Waals surface area contributed by atoms with Crippen LogP contribution in [0.3, 0.4) is 0 Å². The molecule has 2 aromatic rings. The van der Waals surface area contributed by atoms with Crippen LogP contribution in [0.2, 0.25) is 0 Å². The number of methoxy groups -OCH3 is 1. The zero-order valence-electron chi connectivity index (χ0n) is 13.4. The molecule has 1 fully saturated rings. The van der Waals surface area contributed by atoms with Gasteiger partial charge in [0.15, 0.2) is 0 Å². The SMILES string of the molecule is COc1cccc(CN2CCN(Cc3ccccc3)C(=O)C2)c1. The van der Waals surface area contributed by atoms with Gasteiger partial charge in [-0.2, -0.15) is 0 Å². The molecule has 1 aliphatic heterocycles. The minimum absolute atomic E-state index is 0.197. The molecule has 2 aromatic carbocycles. The summed E-state index contributed by atoms with van der Waals surface area (Å²) in [6, 6.07) is 18.2. The first-order valence-electron chi connectivity index (χ1n) is 7.91. The number of piperazine rings is 1. The summed E-state index contributed by atoms with van der Waals surface area (Å²) in [5.41, 5.74) is 2.36. The van der Waals surface area contributed by atoms with Gasteiger partial charge in [-0.1, -0.05) is 42.5 Å². The van der Waals surface area contributed by atoms with Crippen LogP contribution in [0.15, 0.2) is 54.6 Å². The van der Waals surface area contributed by atoms with Crippen molar-refractivity contribution in [1.29, 1.82) is 0 Å². The van der Waals surface area contributed by atoms with Crippen molar-refractivity contribution in [2.24, 2.45) is 0 Å². The molecular formula is C19H22N2O2. The third kappa shape index (κ3) is 4.11. The molecule has 23 heavy (non-hydrogen) atoms. The fourth-order valence-electron chi connectivity index (χ4n) is 2.89. The molecule has 1 amide bonds. The first-order chi connectivity index (χ1) is 11.2. The fraction of sp³-hybridized carbons (Fsp3) is 0.316. The normalized spacial score (nSPS) is 15.7.